The lowest BCUT2D eigenvalue weighted by Gasteiger charge is -2.34. The number of carbonyl (C=O) groups is 1. The molecule has 2 aromatic heterocycles. The minimum Gasteiger partial charge on any atom is -0.363 e. The van der Waals surface area contributed by atoms with Crippen LogP contribution in [-0.2, 0) is 13.6 Å². The van der Waals surface area contributed by atoms with Gasteiger partial charge in [-0.25, -0.2) is 4.98 Å². The summed E-state index contributed by atoms with van der Waals surface area (Å²) < 4.78 is 5.09. The number of amides is 1. The van der Waals surface area contributed by atoms with Gasteiger partial charge in [-0.05, 0) is 65.1 Å². The third kappa shape index (κ3) is 2.50. The number of halogens is 1. The van der Waals surface area contributed by atoms with E-state index in [0.29, 0.717) is 24.2 Å². The zero-order chi connectivity index (χ0) is 20.6. The summed E-state index contributed by atoms with van der Waals surface area (Å²) in [5, 5.41) is 5.84. The Morgan fingerprint density at radius 1 is 1.20 bits per heavy atom. The number of benzene rings is 2. The first-order valence-corrected chi connectivity index (χ1v) is 11.2. The zero-order valence-electron chi connectivity index (χ0n) is 16.5. The maximum Gasteiger partial charge on any atom is 0.284 e. The van der Waals surface area contributed by atoms with Crippen LogP contribution in [0.5, 0.6) is 0 Å². The van der Waals surface area contributed by atoms with Gasteiger partial charge in [0.1, 0.15) is 0 Å². The van der Waals surface area contributed by atoms with Crippen molar-refractivity contribution in [1.29, 1.82) is 0 Å². The van der Waals surface area contributed by atoms with Crippen molar-refractivity contribution in [3.05, 3.63) is 68.8 Å². The molecule has 2 N–H and O–H groups in total. The highest BCUT2D eigenvalue weighted by molar-refractivity contribution is 14.1. The lowest BCUT2D eigenvalue weighted by atomic mass is 9.71. The maximum atomic E-state index is 12.4. The van der Waals surface area contributed by atoms with Gasteiger partial charge in [0.15, 0.2) is 5.82 Å². The van der Waals surface area contributed by atoms with Crippen LogP contribution in [0.2, 0.25) is 0 Å². The molecule has 3 aliphatic rings. The van der Waals surface area contributed by atoms with Crippen LogP contribution in [-0.4, -0.2) is 25.2 Å². The van der Waals surface area contributed by atoms with E-state index in [1.807, 2.05) is 28.4 Å². The molecule has 7 heteroatoms. The first kappa shape index (κ1) is 18.1. The summed E-state index contributed by atoms with van der Waals surface area (Å²) in [6.07, 6.45) is 2.18. The fourth-order valence-electron chi connectivity index (χ4n) is 5.17. The van der Waals surface area contributed by atoms with Crippen LogP contribution in [0.1, 0.15) is 52.2 Å². The van der Waals surface area contributed by atoms with E-state index in [-0.39, 0.29) is 0 Å². The van der Waals surface area contributed by atoms with Crippen molar-refractivity contribution in [2.24, 2.45) is 12.8 Å². The van der Waals surface area contributed by atoms with Gasteiger partial charge in [0.25, 0.3) is 5.91 Å². The normalized spacial score (nSPS) is 19.1. The lowest BCUT2D eigenvalue weighted by molar-refractivity contribution is 0.0986. The second-order valence-electron chi connectivity index (χ2n) is 8.30. The summed E-state index contributed by atoms with van der Waals surface area (Å²) in [5.41, 5.74) is 12.3. The summed E-state index contributed by atoms with van der Waals surface area (Å²) >= 11 is 2.34. The Morgan fingerprint density at radius 3 is 2.80 bits per heavy atom. The number of aromatic nitrogens is 4. The van der Waals surface area contributed by atoms with Gasteiger partial charge in [-0.15, -0.1) is 0 Å². The molecule has 1 saturated carbocycles. The molecule has 7 rings (SSSR count). The largest absolute Gasteiger partial charge is 0.363 e. The monoisotopic (exact) mass is 509 g/mol. The van der Waals surface area contributed by atoms with E-state index in [1.54, 1.807) is 0 Å². The van der Waals surface area contributed by atoms with Crippen molar-refractivity contribution in [3.63, 3.8) is 0 Å². The second-order valence-corrected chi connectivity index (χ2v) is 9.55. The topological polar surface area (TPSA) is 78.7 Å². The van der Waals surface area contributed by atoms with E-state index in [0.717, 1.165) is 46.4 Å². The molecule has 0 aliphatic heterocycles. The summed E-state index contributed by atoms with van der Waals surface area (Å²) in [7, 11) is 1.95. The van der Waals surface area contributed by atoms with Crippen LogP contribution >= 0.6 is 22.6 Å². The molecule has 0 atom stereocenters. The molecular formula is C23H20IN5O. The number of hydrogen-bond acceptors (Lipinski definition) is 3. The summed E-state index contributed by atoms with van der Waals surface area (Å²) in [4.78, 5) is 17.2. The Hall–Kier alpha value is -2.68. The molecule has 0 unspecified atom stereocenters. The molecule has 4 aromatic rings. The second kappa shape index (κ2) is 6.41. The Kier molecular flexibility index (Phi) is 3.87. The fourth-order valence-corrected chi connectivity index (χ4v) is 5.66. The van der Waals surface area contributed by atoms with Gasteiger partial charge < -0.3 is 10.3 Å². The van der Waals surface area contributed by atoms with E-state index in [4.69, 9.17) is 15.8 Å². The number of primary amides is 1. The standard InChI is InChI=1S/C23H20IN5O/c1-28-19-5-3-2-4-16(19)18(27-28)11-29-21-13-8-12(9-13)15-7-6-14(24)10-17(15)20(21)26-23(29)22(25)30/h2-7,10,12-13H,8-9,11H2,1H3,(H2,25,30). The summed E-state index contributed by atoms with van der Waals surface area (Å²) in [6.45, 7) is 0.488. The molecule has 1 fully saturated rings. The number of aryl methyl sites for hydroxylation is 1. The number of imidazole rings is 1. The number of nitrogens with two attached hydrogens (primary N) is 1. The molecule has 0 spiro atoms. The number of nitrogens with zero attached hydrogens (tertiary/aromatic N) is 4. The van der Waals surface area contributed by atoms with Gasteiger partial charge in [-0.1, -0.05) is 24.3 Å². The molecular weight excluding hydrogens is 489 g/mol. The molecule has 150 valence electrons. The Bertz CT molecular complexity index is 1350. The smallest absolute Gasteiger partial charge is 0.284 e. The first-order valence-electron chi connectivity index (χ1n) is 10.1. The molecule has 6 nitrogen and oxygen atoms in total. The minimum absolute atomic E-state index is 0.324. The average molecular weight is 509 g/mol. The van der Waals surface area contributed by atoms with Crippen molar-refractivity contribution in [2.45, 2.75) is 31.2 Å². The predicted molar refractivity (Wildman–Crippen MR) is 123 cm³/mol. The van der Waals surface area contributed by atoms with E-state index >= 15 is 0 Å². The highest BCUT2D eigenvalue weighted by Gasteiger charge is 2.42. The van der Waals surface area contributed by atoms with Crippen molar-refractivity contribution in [2.75, 3.05) is 0 Å². The number of para-hydroxylation sites is 1. The summed E-state index contributed by atoms with van der Waals surface area (Å²) in [6, 6.07) is 14.7. The highest BCUT2D eigenvalue weighted by atomic mass is 127. The number of fused-ring (bicyclic) bond motifs is 1. The van der Waals surface area contributed by atoms with Gasteiger partial charge in [-0.3, -0.25) is 9.48 Å². The minimum atomic E-state index is -0.494. The Labute approximate surface area is 187 Å². The predicted octanol–water partition coefficient (Wildman–Crippen LogP) is 4.16. The summed E-state index contributed by atoms with van der Waals surface area (Å²) in [5.74, 6) is 0.791. The van der Waals surface area contributed by atoms with Crippen LogP contribution < -0.4 is 5.73 Å². The quantitative estimate of drug-likeness (QED) is 0.422. The van der Waals surface area contributed by atoms with Gasteiger partial charge in [0, 0.05) is 33.2 Å². The van der Waals surface area contributed by atoms with Gasteiger partial charge in [0.2, 0.25) is 0 Å². The fraction of sp³-hybridized carbons (Fsp3) is 0.261. The average Bonchev–Trinajstić information content (AvgIpc) is 3.13. The molecule has 2 heterocycles. The van der Waals surface area contributed by atoms with Gasteiger partial charge >= 0.3 is 0 Å². The van der Waals surface area contributed by atoms with E-state index in [2.05, 4.69) is 52.9 Å². The third-order valence-electron chi connectivity index (χ3n) is 6.60. The van der Waals surface area contributed by atoms with Crippen LogP contribution in [0, 0.1) is 3.57 Å². The van der Waals surface area contributed by atoms with E-state index < -0.39 is 5.91 Å². The SMILES string of the molecule is Cn1nc(Cn2c(C(N)=O)nc3c2C2CC(C2)c2ccc(I)cc2-3)c2ccccc21. The van der Waals surface area contributed by atoms with Crippen LogP contribution in [0.3, 0.4) is 0 Å². The van der Waals surface area contributed by atoms with Crippen LogP contribution in [0.4, 0.5) is 0 Å². The highest BCUT2D eigenvalue weighted by Crippen LogP contribution is 2.55. The van der Waals surface area contributed by atoms with Crippen LogP contribution in [0.25, 0.3) is 22.2 Å². The maximum absolute atomic E-state index is 12.4. The first-order chi connectivity index (χ1) is 14.5. The number of hydrogen-bond donors (Lipinski definition) is 1. The van der Waals surface area contributed by atoms with E-state index in [9.17, 15) is 4.79 Å². The third-order valence-corrected chi connectivity index (χ3v) is 7.28. The van der Waals surface area contributed by atoms with Crippen LogP contribution in [0.15, 0.2) is 42.5 Å². The zero-order valence-corrected chi connectivity index (χ0v) is 18.6. The Morgan fingerprint density at radius 2 is 2.00 bits per heavy atom. The van der Waals surface area contributed by atoms with Crippen molar-refractivity contribution in [3.8, 4) is 11.3 Å². The lowest BCUT2D eigenvalue weighted by Crippen LogP contribution is -2.25. The molecule has 0 radical (unpaired) electrons. The van der Waals surface area contributed by atoms with Gasteiger partial charge in [0.05, 0.1) is 23.4 Å². The molecule has 0 saturated heterocycles. The molecule has 3 aliphatic carbocycles. The number of rotatable bonds is 3. The molecule has 2 aromatic carbocycles. The van der Waals surface area contributed by atoms with Crippen molar-refractivity contribution < 1.29 is 4.79 Å². The van der Waals surface area contributed by atoms with E-state index in [1.165, 1.54) is 9.13 Å². The molecule has 30 heavy (non-hydrogen) atoms. The molecule has 2 bridgehead atoms. The molecule has 1 amide bonds. The van der Waals surface area contributed by atoms with Gasteiger partial charge in [-0.2, -0.15) is 5.10 Å². The van der Waals surface area contributed by atoms with Crippen molar-refractivity contribution in [1.82, 2.24) is 19.3 Å². The van der Waals surface area contributed by atoms with Crippen molar-refractivity contribution >= 4 is 39.4 Å². The number of carbonyl (C=O) groups excluding carboxylic acids is 1. The Balaban J connectivity index is 1.58.